The number of fused-ring (bicyclic) bond motifs is 2. The minimum Gasteiger partial charge on any atom is -0.0759 e. The molecule has 0 N–H and O–H groups in total. The summed E-state index contributed by atoms with van der Waals surface area (Å²) in [5, 5.41) is 0. The molecule has 1 aromatic rings. The Labute approximate surface area is 123 Å². The van der Waals surface area contributed by atoms with E-state index in [0.29, 0.717) is 11.3 Å². The van der Waals surface area contributed by atoms with Crippen molar-refractivity contribution >= 4 is 6.08 Å². The molecule has 1 aromatic carbocycles. The van der Waals surface area contributed by atoms with Crippen LogP contribution in [0.3, 0.4) is 0 Å². The second-order valence-corrected chi connectivity index (χ2v) is 6.31. The first-order valence-corrected chi connectivity index (χ1v) is 6.39. The normalized spacial score (nSPS) is 21.0. The van der Waals surface area contributed by atoms with Gasteiger partial charge < -0.3 is 0 Å². The molecule has 0 nitrogen and oxygen atoms in total. The van der Waals surface area contributed by atoms with Crippen molar-refractivity contribution in [1.29, 1.82) is 0 Å². The van der Waals surface area contributed by atoms with E-state index in [1.165, 1.54) is 24.8 Å². The van der Waals surface area contributed by atoms with E-state index in [2.05, 4.69) is 45.1 Å². The molecule has 0 aromatic heterocycles. The van der Waals surface area contributed by atoms with Gasteiger partial charge in [-0.3, -0.25) is 0 Å². The Bertz CT molecular complexity index is 463. The van der Waals surface area contributed by atoms with Gasteiger partial charge in [-0.2, -0.15) is 0 Å². The van der Waals surface area contributed by atoms with Crippen molar-refractivity contribution in [2.45, 2.75) is 46.0 Å². The standard InChI is InChI=1S/C16H20.Hf/c1-16(2,3)15-8-7-13-9-11-5-4-6-12(11)10-14(13)15;/h7-10,15H,4-6H2,1-3H3;. The van der Waals surface area contributed by atoms with Crippen LogP contribution < -0.4 is 0 Å². The van der Waals surface area contributed by atoms with Crippen molar-refractivity contribution in [1.82, 2.24) is 0 Å². The van der Waals surface area contributed by atoms with Crippen molar-refractivity contribution in [3.63, 3.8) is 0 Å². The Morgan fingerprint density at radius 3 is 2.35 bits per heavy atom. The molecule has 2 aliphatic carbocycles. The average molecular weight is 391 g/mol. The van der Waals surface area contributed by atoms with Crippen LogP contribution in [-0.2, 0) is 38.7 Å². The first-order chi connectivity index (χ1) is 7.55. The van der Waals surface area contributed by atoms with Crippen LogP contribution in [-0.4, -0.2) is 0 Å². The van der Waals surface area contributed by atoms with Crippen molar-refractivity contribution < 1.29 is 25.8 Å². The van der Waals surface area contributed by atoms with Crippen LogP contribution >= 0.6 is 0 Å². The van der Waals surface area contributed by atoms with Crippen LogP contribution in [0.4, 0.5) is 0 Å². The van der Waals surface area contributed by atoms with Gasteiger partial charge in [0, 0.05) is 31.8 Å². The summed E-state index contributed by atoms with van der Waals surface area (Å²) in [5.74, 6) is 0.605. The average Bonchev–Trinajstić information content (AvgIpc) is 2.76. The summed E-state index contributed by atoms with van der Waals surface area (Å²) in [4.78, 5) is 0. The smallest absolute Gasteiger partial charge is 0.00759 e. The Kier molecular flexibility index (Phi) is 3.51. The summed E-state index contributed by atoms with van der Waals surface area (Å²) < 4.78 is 0. The largest absolute Gasteiger partial charge is 0.0759 e. The molecule has 1 unspecified atom stereocenters. The number of rotatable bonds is 0. The van der Waals surface area contributed by atoms with Crippen molar-refractivity contribution in [3.05, 3.63) is 40.5 Å². The Morgan fingerprint density at radius 1 is 1.06 bits per heavy atom. The maximum Gasteiger partial charge on any atom is 0.00759 e. The van der Waals surface area contributed by atoms with E-state index >= 15 is 0 Å². The van der Waals surface area contributed by atoms with Gasteiger partial charge in [0.25, 0.3) is 0 Å². The Hall–Kier alpha value is -0.170. The van der Waals surface area contributed by atoms with Crippen molar-refractivity contribution in [2.24, 2.45) is 5.41 Å². The van der Waals surface area contributed by atoms with Crippen LogP contribution in [0.1, 0.15) is 55.4 Å². The predicted molar refractivity (Wildman–Crippen MR) is 69.7 cm³/mol. The van der Waals surface area contributed by atoms with Gasteiger partial charge in [-0.1, -0.05) is 45.1 Å². The number of benzene rings is 1. The summed E-state index contributed by atoms with van der Waals surface area (Å²) in [7, 11) is 0. The molecule has 0 saturated heterocycles. The molecule has 0 bridgehead atoms. The van der Waals surface area contributed by atoms with Gasteiger partial charge in [-0.15, -0.1) is 0 Å². The second-order valence-electron chi connectivity index (χ2n) is 6.31. The number of aryl methyl sites for hydroxylation is 2. The fourth-order valence-corrected chi connectivity index (χ4v) is 3.13. The minimum atomic E-state index is 0. The molecule has 0 saturated carbocycles. The van der Waals surface area contributed by atoms with Gasteiger partial charge in [0.2, 0.25) is 0 Å². The molecule has 2 aliphatic rings. The van der Waals surface area contributed by atoms with E-state index < -0.39 is 0 Å². The summed E-state index contributed by atoms with van der Waals surface area (Å²) in [6, 6.07) is 4.91. The second kappa shape index (κ2) is 4.50. The molecule has 0 aliphatic heterocycles. The van der Waals surface area contributed by atoms with Gasteiger partial charge in [-0.05, 0) is 46.9 Å². The molecule has 0 amide bonds. The first-order valence-electron chi connectivity index (χ1n) is 6.39. The molecule has 1 heteroatoms. The Morgan fingerprint density at radius 2 is 1.71 bits per heavy atom. The number of hydrogen-bond acceptors (Lipinski definition) is 0. The van der Waals surface area contributed by atoms with Crippen molar-refractivity contribution in [2.75, 3.05) is 0 Å². The fraction of sp³-hybridized carbons (Fsp3) is 0.500. The van der Waals surface area contributed by atoms with Gasteiger partial charge in [0.1, 0.15) is 0 Å². The minimum absolute atomic E-state index is 0. The van der Waals surface area contributed by atoms with Gasteiger partial charge >= 0.3 is 0 Å². The maximum absolute atomic E-state index is 2.48. The summed E-state index contributed by atoms with van der Waals surface area (Å²) >= 11 is 0. The molecular formula is C16H20Hf. The monoisotopic (exact) mass is 392 g/mol. The summed E-state index contributed by atoms with van der Waals surface area (Å²) in [6.07, 6.45) is 8.64. The van der Waals surface area contributed by atoms with Crippen LogP contribution in [0.5, 0.6) is 0 Å². The van der Waals surface area contributed by atoms with E-state index in [1.54, 1.807) is 16.7 Å². The predicted octanol–water partition coefficient (Wildman–Crippen LogP) is 4.33. The van der Waals surface area contributed by atoms with E-state index in [0.717, 1.165) is 0 Å². The fourth-order valence-electron chi connectivity index (χ4n) is 3.13. The molecule has 0 radical (unpaired) electrons. The molecule has 0 fully saturated rings. The van der Waals surface area contributed by atoms with Crippen molar-refractivity contribution in [3.8, 4) is 0 Å². The van der Waals surface area contributed by atoms with E-state index in [1.807, 2.05) is 0 Å². The zero-order valence-electron chi connectivity index (χ0n) is 11.0. The van der Waals surface area contributed by atoms with Crippen LogP contribution in [0.15, 0.2) is 18.2 Å². The first kappa shape index (κ1) is 13.3. The zero-order chi connectivity index (χ0) is 11.3. The van der Waals surface area contributed by atoms with E-state index in [-0.39, 0.29) is 25.8 Å². The molecule has 17 heavy (non-hydrogen) atoms. The van der Waals surface area contributed by atoms with Gasteiger partial charge in [0.05, 0.1) is 0 Å². The summed E-state index contributed by atoms with van der Waals surface area (Å²) in [6.45, 7) is 7.01. The molecule has 88 valence electrons. The van der Waals surface area contributed by atoms with Crippen LogP contribution in [0.25, 0.3) is 6.08 Å². The molecule has 3 rings (SSSR count). The van der Waals surface area contributed by atoms with Crippen LogP contribution in [0, 0.1) is 5.41 Å². The molecule has 0 heterocycles. The quantitative estimate of drug-likeness (QED) is 0.578. The third-order valence-corrected chi connectivity index (χ3v) is 4.03. The molecular weight excluding hydrogens is 371 g/mol. The third kappa shape index (κ3) is 2.23. The maximum atomic E-state index is 2.48. The van der Waals surface area contributed by atoms with E-state index in [9.17, 15) is 0 Å². The zero-order valence-corrected chi connectivity index (χ0v) is 14.6. The van der Waals surface area contributed by atoms with Crippen LogP contribution in [0.2, 0.25) is 0 Å². The SMILES string of the molecule is CC(C)(C)C1C=Cc2cc3c(cc21)CCC3.[Hf]. The molecule has 1 atom stereocenters. The van der Waals surface area contributed by atoms with Gasteiger partial charge in [-0.25, -0.2) is 0 Å². The number of hydrogen-bond donors (Lipinski definition) is 0. The van der Waals surface area contributed by atoms with E-state index in [4.69, 9.17) is 0 Å². The summed E-state index contributed by atoms with van der Waals surface area (Å²) in [5.41, 5.74) is 6.58. The number of allylic oxidation sites excluding steroid dienone is 1. The topological polar surface area (TPSA) is 0 Å². The third-order valence-electron chi connectivity index (χ3n) is 4.03. The van der Waals surface area contributed by atoms with Gasteiger partial charge in [0.15, 0.2) is 0 Å². The Balaban J connectivity index is 0.00000108. The molecule has 0 spiro atoms.